The van der Waals surface area contributed by atoms with Crippen LogP contribution in [0.5, 0.6) is 0 Å². The largest absolute Gasteiger partial charge is 0.340 e. The molecule has 0 bridgehead atoms. The summed E-state index contributed by atoms with van der Waals surface area (Å²) in [5, 5.41) is 3.39. The van der Waals surface area contributed by atoms with Gasteiger partial charge in [0.2, 0.25) is 0 Å². The Morgan fingerprint density at radius 3 is 2.58 bits per heavy atom. The van der Waals surface area contributed by atoms with Crippen LogP contribution >= 0.6 is 0 Å². The predicted octanol–water partition coefficient (Wildman–Crippen LogP) is 4.70. The van der Waals surface area contributed by atoms with Crippen molar-refractivity contribution < 1.29 is 4.79 Å². The van der Waals surface area contributed by atoms with Crippen molar-refractivity contribution in [3.63, 3.8) is 0 Å². The number of hydrogen-bond acceptors (Lipinski definition) is 6. The van der Waals surface area contributed by atoms with E-state index < -0.39 is 0 Å². The molecule has 3 aromatic heterocycles. The molecular weight excluding hydrogens is 412 g/mol. The predicted molar refractivity (Wildman–Crippen MR) is 127 cm³/mol. The first-order chi connectivity index (χ1) is 16.3. The van der Waals surface area contributed by atoms with Crippen molar-refractivity contribution >= 4 is 17.4 Å². The van der Waals surface area contributed by atoms with Crippen molar-refractivity contribution in [3.8, 4) is 11.3 Å². The molecule has 1 amide bonds. The zero-order chi connectivity index (χ0) is 22.5. The summed E-state index contributed by atoms with van der Waals surface area (Å²) >= 11 is 0. The molecule has 1 aliphatic rings. The molecule has 1 aromatic carbocycles. The quantitative estimate of drug-likeness (QED) is 0.488. The lowest BCUT2D eigenvalue weighted by molar-refractivity contribution is 0.0704. The van der Waals surface area contributed by atoms with E-state index >= 15 is 0 Å². The monoisotopic (exact) mass is 436 g/mol. The highest BCUT2D eigenvalue weighted by Crippen LogP contribution is 2.29. The van der Waals surface area contributed by atoms with Gasteiger partial charge in [-0.25, -0.2) is 9.97 Å². The first kappa shape index (κ1) is 20.8. The molecule has 7 nitrogen and oxygen atoms in total. The van der Waals surface area contributed by atoms with Crippen LogP contribution in [0.25, 0.3) is 11.3 Å². The second kappa shape index (κ2) is 9.56. The maximum atomic E-state index is 13.0. The Hall–Kier alpha value is -4.13. The highest BCUT2D eigenvalue weighted by molar-refractivity contribution is 5.94. The maximum absolute atomic E-state index is 13.0. The molecule has 5 rings (SSSR count). The van der Waals surface area contributed by atoms with E-state index in [-0.39, 0.29) is 11.8 Å². The van der Waals surface area contributed by atoms with Crippen molar-refractivity contribution in [2.24, 2.45) is 0 Å². The third-order valence-electron chi connectivity index (χ3n) is 5.75. The van der Waals surface area contributed by atoms with E-state index in [1.54, 1.807) is 36.9 Å². The number of nitrogens with one attached hydrogen (secondary N) is 1. The summed E-state index contributed by atoms with van der Waals surface area (Å²) in [6.45, 7) is 1.32. The molecule has 4 aromatic rings. The van der Waals surface area contributed by atoms with Gasteiger partial charge in [-0.3, -0.25) is 14.8 Å². The molecule has 164 valence electrons. The number of likely N-dealkylation sites (tertiary alicyclic amines) is 1. The Morgan fingerprint density at radius 1 is 0.939 bits per heavy atom. The number of amides is 1. The van der Waals surface area contributed by atoms with Crippen LogP contribution in [0.3, 0.4) is 0 Å². The molecule has 4 heterocycles. The van der Waals surface area contributed by atoms with Crippen LogP contribution in [-0.2, 0) is 0 Å². The molecule has 33 heavy (non-hydrogen) atoms. The van der Waals surface area contributed by atoms with Gasteiger partial charge < -0.3 is 10.2 Å². The number of anilines is 2. The third-order valence-corrected chi connectivity index (χ3v) is 5.75. The van der Waals surface area contributed by atoms with Gasteiger partial charge in [0.15, 0.2) is 0 Å². The maximum Gasteiger partial charge on any atom is 0.253 e. The van der Waals surface area contributed by atoms with E-state index in [1.807, 2.05) is 53.4 Å². The van der Waals surface area contributed by atoms with Crippen molar-refractivity contribution in [2.75, 3.05) is 18.4 Å². The van der Waals surface area contributed by atoms with E-state index in [9.17, 15) is 4.79 Å². The van der Waals surface area contributed by atoms with E-state index in [0.717, 1.165) is 48.0 Å². The second-order valence-electron chi connectivity index (χ2n) is 8.06. The molecule has 1 saturated heterocycles. The number of pyridine rings is 2. The molecule has 1 atom stereocenters. The first-order valence-corrected chi connectivity index (χ1v) is 11.1. The lowest BCUT2D eigenvalue weighted by atomic mass is 9.96. The van der Waals surface area contributed by atoms with Gasteiger partial charge in [0.25, 0.3) is 5.91 Å². The fourth-order valence-corrected chi connectivity index (χ4v) is 4.09. The minimum absolute atomic E-state index is 0.0214. The molecule has 0 saturated carbocycles. The smallest absolute Gasteiger partial charge is 0.253 e. The van der Waals surface area contributed by atoms with Gasteiger partial charge in [-0.2, -0.15) is 0 Å². The number of carbonyl (C=O) groups is 1. The zero-order valence-corrected chi connectivity index (χ0v) is 18.1. The van der Waals surface area contributed by atoms with Crippen LogP contribution in [0.1, 0.15) is 34.9 Å². The Labute approximate surface area is 192 Å². The molecule has 1 fully saturated rings. The summed E-state index contributed by atoms with van der Waals surface area (Å²) in [5.41, 5.74) is 3.35. The van der Waals surface area contributed by atoms with Gasteiger partial charge in [-0.1, -0.05) is 18.2 Å². The number of para-hydroxylation sites is 1. The number of aromatic nitrogens is 4. The van der Waals surface area contributed by atoms with Crippen molar-refractivity contribution in [1.29, 1.82) is 0 Å². The highest BCUT2D eigenvalue weighted by atomic mass is 16.2. The van der Waals surface area contributed by atoms with Crippen molar-refractivity contribution in [3.05, 3.63) is 96.8 Å². The first-order valence-electron chi connectivity index (χ1n) is 11.1. The Bertz CT molecular complexity index is 1220. The number of carbonyl (C=O) groups excluding carboxylic acids is 1. The Morgan fingerprint density at radius 2 is 1.79 bits per heavy atom. The minimum Gasteiger partial charge on any atom is -0.340 e. The zero-order valence-electron chi connectivity index (χ0n) is 18.1. The average molecular weight is 437 g/mol. The molecular formula is C26H24N6O. The van der Waals surface area contributed by atoms with Gasteiger partial charge in [0.1, 0.15) is 11.6 Å². The molecule has 7 heteroatoms. The summed E-state index contributed by atoms with van der Waals surface area (Å²) in [5.74, 6) is 1.54. The summed E-state index contributed by atoms with van der Waals surface area (Å²) in [7, 11) is 0. The molecule has 0 radical (unpaired) electrons. The fourth-order valence-electron chi connectivity index (χ4n) is 4.09. The van der Waals surface area contributed by atoms with Crippen LogP contribution in [0.2, 0.25) is 0 Å². The van der Waals surface area contributed by atoms with E-state index in [1.165, 1.54) is 0 Å². The normalized spacial score (nSPS) is 15.8. The van der Waals surface area contributed by atoms with Crippen LogP contribution in [0.4, 0.5) is 11.5 Å². The lowest BCUT2D eigenvalue weighted by Crippen LogP contribution is -2.39. The Kier molecular flexibility index (Phi) is 6.01. The topological polar surface area (TPSA) is 83.9 Å². The molecule has 0 aliphatic carbocycles. The van der Waals surface area contributed by atoms with Crippen LogP contribution < -0.4 is 5.32 Å². The van der Waals surface area contributed by atoms with Gasteiger partial charge in [0.05, 0.1) is 5.69 Å². The molecule has 0 spiro atoms. The van der Waals surface area contributed by atoms with E-state index in [4.69, 9.17) is 9.97 Å². The number of nitrogens with zero attached hydrogens (tertiary/aromatic N) is 5. The summed E-state index contributed by atoms with van der Waals surface area (Å²) in [6.07, 6.45) is 8.69. The lowest BCUT2D eigenvalue weighted by Gasteiger charge is -2.32. The molecule has 1 unspecified atom stereocenters. The molecule has 1 N–H and O–H groups in total. The minimum atomic E-state index is 0.0214. The van der Waals surface area contributed by atoms with Gasteiger partial charge in [-0.05, 0) is 49.2 Å². The van der Waals surface area contributed by atoms with Gasteiger partial charge in [-0.15, -0.1) is 0 Å². The van der Waals surface area contributed by atoms with Crippen LogP contribution in [0.15, 0.2) is 85.5 Å². The summed E-state index contributed by atoms with van der Waals surface area (Å²) < 4.78 is 0. The fraction of sp³-hybridized carbons (Fsp3) is 0.192. The average Bonchev–Trinajstić information content (AvgIpc) is 2.90. The molecule has 1 aliphatic heterocycles. The Balaban J connectivity index is 1.46. The van der Waals surface area contributed by atoms with E-state index in [0.29, 0.717) is 12.1 Å². The van der Waals surface area contributed by atoms with Crippen molar-refractivity contribution in [1.82, 2.24) is 24.8 Å². The second-order valence-corrected chi connectivity index (χ2v) is 8.06. The van der Waals surface area contributed by atoms with Crippen LogP contribution in [-0.4, -0.2) is 43.8 Å². The van der Waals surface area contributed by atoms with E-state index in [2.05, 4.69) is 15.3 Å². The van der Waals surface area contributed by atoms with Crippen molar-refractivity contribution in [2.45, 2.75) is 18.8 Å². The van der Waals surface area contributed by atoms with Gasteiger partial charge in [0, 0.05) is 66.7 Å². The SMILES string of the molecule is O=C(c1ccncc1)N1CCCC(c2nc(Nc3ccccc3)cc(-c3cccnc3)n2)C1. The van der Waals surface area contributed by atoms with Gasteiger partial charge >= 0.3 is 0 Å². The number of benzene rings is 1. The number of rotatable bonds is 5. The standard InChI is InChI=1S/C26H24N6O/c33-26(19-10-13-27-14-11-19)32-15-5-7-21(18-32)25-30-23(20-6-4-12-28-17-20)16-24(31-25)29-22-8-2-1-3-9-22/h1-4,6,8-14,16-17,21H,5,7,15,18H2,(H,29,30,31). The summed E-state index contributed by atoms with van der Waals surface area (Å²) in [4.78, 5) is 32.9. The van der Waals surface area contributed by atoms with Crippen LogP contribution in [0, 0.1) is 0 Å². The number of piperidine rings is 1. The highest BCUT2D eigenvalue weighted by Gasteiger charge is 2.28. The third kappa shape index (κ3) is 4.87. The number of hydrogen-bond donors (Lipinski definition) is 1. The summed E-state index contributed by atoms with van der Waals surface area (Å²) in [6, 6.07) is 19.3.